The topological polar surface area (TPSA) is 71.8 Å². The van der Waals surface area contributed by atoms with E-state index in [1.54, 1.807) is 0 Å². The summed E-state index contributed by atoms with van der Waals surface area (Å²) >= 11 is 0. The molecule has 1 aromatic heterocycles. The molecular weight excluding hydrogens is 362 g/mol. The van der Waals surface area contributed by atoms with E-state index < -0.39 is 0 Å². The molecule has 0 bridgehead atoms. The van der Waals surface area contributed by atoms with Crippen molar-refractivity contribution in [1.29, 1.82) is 0 Å². The summed E-state index contributed by atoms with van der Waals surface area (Å²) < 4.78 is 1.91. The van der Waals surface area contributed by atoms with Crippen LogP contribution < -0.4 is 10.6 Å². The molecule has 0 saturated carbocycles. The monoisotopic (exact) mass is 389 g/mol. The van der Waals surface area contributed by atoms with E-state index >= 15 is 0 Å². The van der Waals surface area contributed by atoms with Crippen molar-refractivity contribution in [2.75, 3.05) is 13.1 Å². The number of nitrogens with one attached hydrogen (secondary N) is 2. The fourth-order valence-electron chi connectivity index (χ4n) is 3.90. The van der Waals surface area contributed by atoms with Gasteiger partial charge in [-0.3, -0.25) is 4.79 Å². The van der Waals surface area contributed by atoms with Gasteiger partial charge in [-0.1, -0.05) is 53.2 Å². The Balaban J connectivity index is 1.44. The van der Waals surface area contributed by atoms with Crippen LogP contribution in [0.15, 0.2) is 48.5 Å². The summed E-state index contributed by atoms with van der Waals surface area (Å²) in [6.07, 6.45) is 2.02. The van der Waals surface area contributed by atoms with Crippen molar-refractivity contribution < 1.29 is 4.79 Å². The van der Waals surface area contributed by atoms with E-state index in [9.17, 15) is 4.79 Å². The maximum Gasteiger partial charge on any atom is 0.274 e. The number of aryl methyl sites for hydroxylation is 1. The molecular formula is C23H27N5O. The van der Waals surface area contributed by atoms with E-state index in [0.717, 1.165) is 42.8 Å². The Kier molecular flexibility index (Phi) is 5.71. The molecule has 1 fully saturated rings. The lowest BCUT2D eigenvalue weighted by Crippen LogP contribution is -2.30. The van der Waals surface area contributed by atoms with Gasteiger partial charge in [-0.15, -0.1) is 5.10 Å². The number of hydrogen-bond donors (Lipinski definition) is 2. The molecule has 0 aliphatic carbocycles. The third-order valence-corrected chi connectivity index (χ3v) is 5.53. The fraction of sp³-hybridized carbons (Fsp3) is 0.348. The smallest absolute Gasteiger partial charge is 0.274 e. The van der Waals surface area contributed by atoms with E-state index in [1.165, 1.54) is 11.1 Å². The second-order valence-corrected chi connectivity index (χ2v) is 7.70. The minimum absolute atomic E-state index is 0.177. The molecule has 2 aromatic carbocycles. The Morgan fingerprint density at radius 2 is 1.83 bits per heavy atom. The second kappa shape index (κ2) is 8.57. The highest BCUT2D eigenvalue weighted by Crippen LogP contribution is 2.22. The number of carbonyl (C=O) groups is 1. The Labute approximate surface area is 171 Å². The predicted octanol–water partition coefficient (Wildman–Crippen LogP) is 3.42. The molecule has 1 aliphatic rings. The van der Waals surface area contributed by atoms with Crippen molar-refractivity contribution in [3.05, 3.63) is 71.0 Å². The maximum atomic E-state index is 12.7. The first-order valence-electron chi connectivity index (χ1n) is 10.2. The highest BCUT2D eigenvalue weighted by molar-refractivity contribution is 5.93. The van der Waals surface area contributed by atoms with E-state index in [4.69, 9.17) is 0 Å². The Bertz CT molecular complexity index is 1000. The van der Waals surface area contributed by atoms with Crippen LogP contribution in [0.25, 0.3) is 11.1 Å². The number of nitrogens with zero attached hydrogens (tertiary/aromatic N) is 3. The average molecular weight is 390 g/mol. The third-order valence-electron chi connectivity index (χ3n) is 5.53. The fourth-order valence-corrected chi connectivity index (χ4v) is 3.90. The van der Waals surface area contributed by atoms with Gasteiger partial charge in [0.2, 0.25) is 0 Å². The van der Waals surface area contributed by atoms with E-state index in [2.05, 4.69) is 64.3 Å². The van der Waals surface area contributed by atoms with Crippen molar-refractivity contribution in [1.82, 2.24) is 25.6 Å². The molecule has 6 nitrogen and oxygen atoms in total. The molecule has 29 heavy (non-hydrogen) atoms. The summed E-state index contributed by atoms with van der Waals surface area (Å²) in [6, 6.07) is 17.0. The first kappa shape index (κ1) is 19.3. The summed E-state index contributed by atoms with van der Waals surface area (Å²) in [5, 5.41) is 14.8. The third kappa shape index (κ3) is 4.38. The Hall–Kier alpha value is -2.99. The summed E-state index contributed by atoms with van der Waals surface area (Å²) in [4.78, 5) is 12.7. The summed E-state index contributed by atoms with van der Waals surface area (Å²) in [7, 11) is 0. The van der Waals surface area contributed by atoms with Gasteiger partial charge >= 0.3 is 0 Å². The van der Waals surface area contributed by atoms with E-state index in [-0.39, 0.29) is 5.91 Å². The quantitative estimate of drug-likeness (QED) is 0.701. The van der Waals surface area contributed by atoms with Crippen LogP contribution in [0.2, 0.25) is 0 Å². The minimum Gasteiger partial charge on any atom is -0.347 e. The highest BCUT2D eigenvalue weighted by atomic mass is 16.2. The van der Waals surface area contributed by atoms with Crippen LogP contribution in [-0.2, 0) is 6.54 Å². The number of aromatic nitrogens is 3. The van der Waals surface area contributed by atoms with Crippen LogP contribution in [0.1, 0.15) is 46.2 Å². The van der Waals surface area contributed by atoms with Crippen molar-refractivity contribution in [2.24, 2.45) is 0 Å². The molecule has 0 radical (unpaired) electrons. The molecule has 4 rings (SSSR count). The van der Waals surface area contributed by atoms with Crippen LogP contribution >= 0.6 is 0 Å². The standard InChI is InChI=1S/C23H27N5O/c1-16-5-3-7-19(13-16)20-8-4-6-18(14-20)15-25-23(29)22-17(2)28(27-26-22)21-9-11-24-12-10-21/h3-8,13-14,21,24H,9-12,15H2,1-2H3,(H,25,29). The van der Waals surface area contributed by atoms with Gasteiger partial charge in [0.25, 0.3) is 5.91 Å². The van der Waals surface area contributed by atoms with Crippen molar-refractivity contribution in [3.8, 4) is 11.1 Å². The number of piperidine rings is 1. The van der Waals surface area contributed by atoms with Gasteiger partial charge in [0, 0.05) is 6.54 Å². The van der Waals surface area contributed by atoms with Crippen molar-refractivity contribution >= 4 is 5.91 Å². The minimum atomic E-state index is -0.177. The molecule has 1 saturated heterocycles. The zero-order valence-electron chi connectivity index (χ0n) is 17.0. The number of rotatable bonds is 5. The van der Waals surface area contributed by atoms with E-state index in [1.807, 2.05) is 23.7 Å². The Morgan fingerprint density at radius 1 is 1.10 bits per heavy atom. The molecule has 1 amide bonds. The number of amides is 1. The first-order chi connectivity index (χ1) is 14.1. The van der Waals surface area contributed by atoms with Gasteiger partial charge in [-0.25, -0.2) is 4.68 Å². The SMILES string of the molecule is Cc1cccc(-c2cccc(CNC(=O)c3nnn(C4CCNCC4)c3C)c2)c1. The molecule has 3 aromatic rings. The lowest BCUT2D eigenvalue weighted by molar-refractivity contribution is 0.0945. The molecule has 1 aliphatic heterocycles. The largest absolute Gasteiger partial charge is 0.347 e. The van der Waals surface area contributed by atoms with Crippen LogP contribution in [0.4, 0.5) is 0 Å². The molecule has 150 valence electrons. The number of hydrogen-bond acceptors (Lipinski definition) is 4. The molecule has 0 spiro atoms. The zero-order valence-corrected chi connectivity index (χ0v) is 17.0. The van der Waals surface area contributed by atoms with Gasteiger partial charge in [0.15, 0.2) is 5.69 Å². The molecule has 0 unspecified atom stereocenters. The van der Waals surface area contributed by atoms with Crippen LogP contribution in [0.3, 0.4) is 0 Å². The van der Waals surface area contributed by atoms with Gasteiger partial charge in [-0.05, 0) is 62.5 Å². The first-order valence-corrected chi connectivity index (χ1v) is 10.2. The lowest BCUT2D eigenvalue weighted by Gasteiger charge is -2.23. The molecule has 2 heterocycles. The maximum absolute atomic E-state index is 12.7. The number of benzene rings is 2. The normalized spacial score (nSPS) is 14.7. The van der Waals surface area contributed by atoms with Gasteiger partial charge in [0.1, 0.15) is 0 Å². The predicted molar refractivity (Wildman–Crippen MR) is 114 cm³/mol. The van der Waals surface area contributed by atoms with Crippen LogP contribution in [-0.4, -0.2) is 34.0 Å². The van der Waals surface area contributed by atoms with Crippen LogP contribution in [0, 0.1) is 13.8 Å². The molecule has 2 N–H and O–H groups in total. The van der Waals surface area contributed by atoms with Gasteiger partial charge in [-0.2, -0.15) is 0 Å². The van der Waals surface area contributed by atoms with Gasteiger partial charge in [0.05, 0.1) is 11.7 Å². The lowest BCUT2D eigenvalue weighted by atomic mass is 10.0. The highest BCUT2D eigenvalue weighted by Gasteiger charge is 2.22. The zero-order chi connectivity index (χ0) is 20.2. The van der Waals surface area contributed by atoms with Gasteiger partial charge < -0.3 is 10.6 Å². The van der Waals surface area contributed by atoms with E-state index in [0.29, 0.717) is 18.3 Å². The average Bonchev–Trinajstić information content (AvgIpc) is 3.14. The Morgan fingerprint density at radius 3 is 2.59 bits per heavy atom. The van der Waals surface area contributed by atoms with Crippen LogP contribution in [0.5, 0.6) is 0 Å². The molecule has 0 atom stereocenters. The summed E-state index contributed by atoms with van der Waals surface area (Å²) in [5.74, 6) is -0.177. The number of carbonyl (C=O) groups excluding carboxylic acids is 1. The molecule has 6 heteroatoms. The summed E-state index contributed by atoms with van der Waals surface area (Å²) in [6.45, 7) is 6.42. The summed E-state index contributed by atoms with van der Waals surface area (Å²) in [5.41, 5.74) is 5.86. The van der Waals surface area contributed by atoms with Crippen molar-refractivity contribution in [3.63, 3.8) is 0 Å². The van der Waals surface area contributed by atoms with Crippen molar-refractivity contribution in [2.45, 2.75) is 39.3 Å². The second-order valence-electron chi connectivity index (χ2n) is 7.70.